The first-order chi connectivity index (χ1) is 8.17. The number of benzene rings is 1. The van der Waals surface area contributed by atoms with Gasteiger partial charge in [-0.1, -0.05) is 18.2 Å². The van der Waals surface area contributed by atoms with Crippen molar-refractivity contribution in [1.29, 1.82) is 0 Å². The molecule has 0 radical (unpaired) electrons. The molecule has 92 valence electrons. The fraction of sp³-hybridized carbons (Fsp3) is 0.308. The van der Waals surface area contributed by atoms with Gasteiger partial charge < -0.3 is 14.6 Å². The highest BCUT2D eigenvalue weighted by atomic mass is 16.5. The van der Waals surface area contributed by atoms with Crippen molar-refractivity contribution in [3.8, 4) is 5.75 Å². The van der Waals surface area contributed by atoms with E-state index < -0.39 is 12.1 Å². The molecule has 1 atom stereocenters. The SMILES string of the molecule is C=CC[C@@H](OCc1ccc(OC)cc1)C(=O)O. The second kappa shape index (κ2) is 6.70. The summed E-state index contributed by atoms with van der Waals surface area (Å²) in [5.41, 5.74) is 0.904. The quantitative estimate of drug-likeness (QED) is 0.738. The highest BCUT2D eigenvalue weighted by Crippen LogP contribution is 2.13. The molecular weight excluding hydrogens is 220 g/mol. The number of aliphatic carboxylic acids is 1. The van der Waals surface area contributed by atoms with Gasteiger partial charge in [0.25, 0.3) is 0 Å². The summed E-state index contributed by atoms with van der Waals surface area (Å²) in [4.78, 5) is 10.8. The van der Waals surface area contributed by atoms with Crippen molar-refractivity contribution in [2.24, 2.45) is 0 Å². The van der Waals surface area contributed by atoms with E-state index in [0.717, 1.165) is 11.3 Å². The number of carboxylic acid groups (broad SMARTS) is 1. The van der Waals surface area contributed by atoms with Crippen molar-refractivity contribution in [2.45, 2.75) is 19.1 Å². The minimum Gasteiger partial charge on any atom is -0.497 e. The number of hydrogen-bond acceptors (Lipinski definition) is 3. The first-order valence-corrected chi connectivity index (χ1v) is 5.25. The standard InChI is InChI=1S/C13H16O4/c1-3-4-12(13(14)15)17-9-10-5-7-11(16-2)8-6-10/h3,5-8,12H,1,4,9H2,2H3,(H,14,15)/t12-/m1/s1. The Labute approximate surface area is 100 Å². The van der Waals surface area contributed by atoms with E-state index in [9.17, 15) is 4.79 Å². The molecule has 4 nitrogen and oxygen atoms in total. The van der Waals surface area contributed by atoms with Crippen molar-refractivity contribution in [2.75, 3.05) is 7.11 Å². The van der Waals surface area contributed by atoms with Crippen LogP contribution in [0.15, 0.2) is 36.9 Å². The Morgan fingerprint density at radius 3 is 2.59 bits per heavy atom. The van der Waals surface area contributed by atoms with Gasteiger partial charge in [0.1, 0.15) is 5.75 Å². The fourth-order valence-corrected chi connectivity index (χ4v) is 1.31. The monoisotopic (exact) mass is 236 g/mol. The second-order valence-corrected chi connectivity index (χ2v) is 3.51. The van der Waals surface area contributed by atoms with Crippen LogP contribution in [0.2, 0.25) is 0 Å². The maximum absolute atomic E-state index is 10.8. The summed E-state index contributed by atoms with van der Waals surface area (Å²) in [6.07, 6.45) is 0.993. The van der Waals surface area contributed by atoms with Crippen molar-refractivity contribution in [3.05, 3.63) is 42.5 Å². The minimum atomic E-state index is -0.974. The summed E-state index contributed by atoms with van der Waals surface area (Å²) >= 11 is 0. The molecule has 1 aromatic rings. The Balaban J connectivity index is 2.52. The molecule has 0 bridgehead atoms. The zero-order valence-corrected chi connectivity index (χ0v) is 9.76. The average Bonchev–Trinajstić information content (AvgIpc) is 2.34. The number of ether oxygens (including phenoxy) is 2. The van der Waals surface area contributed by atoms with E-state index in [1.54, 1.807) is 7.11 Å². The van der Waals surface area contributed by atoms with E-state index in [2.05, 4.69) is 6.58 Å². The molecule has 17 heavy (non-hydrogen) atoms. The molecule has 1 rings (SSSR count). The van der Waals surface area contributed by atoms with Crippen molar-refractivity contribution in [3.63, 3.8) is 0 Å². The Morgan fingerprint density at radius 2 is 2.12 bits per heavy atom. The molecule has 0 aliphatic carbocycles. The van der Waals surface area contributed by atoms with Crippen LogP contribution < -0.4 is 4.74 Å². The highest BCUT2D eigenvalue weighted by Gasteiger charge is 2.15. The number of methoxy groups -OCH3 is 1. The Kier molecular flexibility index (Phi) is 5.23. The van der Waals surface area contributed by atoms with Crippen LogP contribution >= 0.6 is 0 Å². The number of carbonyl (C=O) groups is 1. The smallest absolute Gasteiger partial charge is 0.333 e. The predicted octanol–water partition coefficient (Wildman–Crippen LogP) is 2.24. The lowest BCUT2D eigenvalue weighted by Crippen LogP contribution is -2.22. The number of hydrogen-bond donors (Lipinski definition) is 1. The van der Waals surface area contributed by atoms with Gasteiger partial charge in [-0.25, -0.2) is 4.79 Å². The molecule has 4 heteroatoms. The third-order valence-electron chi connectivity index (χ3n) is 2.27. The summed E-state index contributed by atoms with van der Waals surface area (Å²) in [5.74, 6) is -0.215. The van der Waals surface area contributed by atoms with Gasteiger partial charge in [0.05, 0.1) is 13.7 Å². The van der Waals surface area contributed by atoms with Crippen molar-refractivity contribution in [1.82, 2.24) is 0 Å². The molecule has 0 aliphatic rings. The van der Waals surface area contributed by atoms with E-state index >= 15 is 0 Å². The summed E-state index contributed by atoms with van der Waals surface area (Å²) in [7, 11) is 1.59. The van der Waals surface area contributed by atoms with Crippen molar-refractivity contribution >= 4 is 5.97 Å². The second-order valence-electron chi connectivity index (χ2n) is 3.51. The molecule has 0 unspecified atom stereocenters. The van der Waals surface area contributed by atoms with E-state index in [0.29, 0.717) is 6.42 Å². The molecule has 0 aromatic heterocycles. The highest BCUT2D eigenvalue weighted by molar-refractivity contribution is 5.72. The van der Waals surface area contributed by atoms with Gasteiger partial charge in [0.15, 0.2) is 6.10 Å². The van der Waals surface area contributed by atoms with E-state index in [1.165, 1.54) is 6.08 Å². The van der Waals surface area contributed by atoms with Crippen molar-refractivity contribution < 1.29 is 19.4 Å². The Hall–Kier alpha value is -1.81. The van der Waals surface area contributed by atoms with Crippen LogP contribution in [-0.4, -0.2) is 24.3 Å². The first kappa shape index (κ1) is 13.3. The van der Waals surface area contributed by atoms with Gasteiger partial charge in [-0.15, -0.1) is 6.58 Å². The third kappa shape index (κ3) is 4.28. The molecule has 0 heterocycles. The van der Waals surface area contributed by atoms with Crippen LogP contribution in [-0.2, 0) is 16.1 Å². The summed E-state index contributed by atoms with van der Waals surface area (Å²) in [6, 6.07) is 7.29. The molecule has 0 saturated carbocycles. The Bertz CT molecular complexity index is 370. The topological polar surface area (TPSA) is 55.8 Å². The van der Waals surface area contributed by atoms with E-state index in [4.69, 9.17) is 14.6 Å². The van der Waals surface area contributed by atoms with Gasteiger partial charge in [-0.05, 0) is 17.7 Å². The number of rotatable bonds is 7. The lowest BCUT2D eigenvalue weighted by Gasteiger charge is -2.11. The Morgan fingerprint density at radius 1 is 1.47 bits per heavy atom. The molecule has 0 saturated heterocycles. The third-order valence-corrected chi connectivity index (χ3v) is 2.27. The van der Waals surface area contributed by atoms with E-state index in [1.807, 2.05) is 24.3 Å². The van der Waals surface area contributed by atoms with Crippen LogP contribution in [0.3, 0.4) is 0 Å². The van der Waals surface area contributed by atoms with Crippen LogP contribution in [0, 0.1) is 0 Å². The maximum atomic E-state index is 10.8. The zero-order valence-electron chi connectivity index (χ0n) is 9.76. The van der Waals surface area contributed by atoms with Crippen LogP contribution in [0.25, 0.3) is 0 Å². The molecule has 1 N–H and O–H groups in total. The zero-order chi connectivity index (χ0) is 12.7. The fourth-order valence-electron chi connectivity index (χ4n) is 1.31. The molecule has 0 fully saturated rings. The van der Waals surface area contributed by atoms with Crippen LogP contribution in [0.4, 0.5) is 0 Å². The van der Waals surface area contributed by atoms with Gasteiger partial charge in [0.2, 0.25) is 0 Å². The van der Waals surface area contributed by atoms with Gasteiger partial charge >= 0.3 is 5.97 Å². The minimum absolute atomic E-state index is 0.259. The van der Waals surface area contributed by atoms with E-state index in [-0.39, 0.29) is 6.61 Å². The van der Waals surface area contributed by atoms with Crippen LogP contribution in [0.5, 0.6) is 5.75 Å². The summed E-state index contributed by atoms with van der Waals surface area (Å²) in [5, 5.41) is 8.87. The average molecular weight is 236 g/mol. The van der Waals surface area contributed by atoms with Gasteiger partial charge in [-0.3, -0.25) is 0 Å². The van der Waals surface area contributed by atoms with Gasteiger partial charge in [-0.2, -0.15) is 0 Å². The normalized spacial score (nSPS) is 11.8. The molecule has 1 aromatic carbocycles. The lowest BCUT2D eigenvalue weighted by atomic mass is 10.2. The summed E-state index contributed by atoms with van der Waals surface area (Å²) < 4.78 is 10.3. The lowest BCUT2D eigenvalue weighted by molar-refractivity contribution is -0.150. The molecular formula is C13H16O4. The maximum Gasteiger partial charge on any atom is 0.333 e. The molecule has 0 amide bonds. The van der Waals surface area contributed by atoms with Gasteiger partial charge in [0, 0.05) is 6.42 Å². The first-order valence-electron chi connectivity index (χ1n) is 5.25. The van der Waals surface area contributed by atoms with Crippen LogP contribution in [0.1, 0.15) is 12.0 Å². The number of carboxylic acids is 1. The molecule has 0 spiro atoms. The summed E-state index contributed by atoms with van der Waals surface area (Å²) in [6.45, 7) is 3.76. The predicted molar refractivity (Wildman–Crippen MR) is 64.0 cm³/mol. The molecule has 0 aliphatic heterocycles. The largest absolute Gasteiger partial charge is 0.497 e.